The zero-order valence-electron chi connectivity index (χ0n) is 15.4. The van der Waals surface area contributed by atoms with E-state index in [0.29, 0.717) is 4.88 Å². The molecule has 28 heavy (non-hydrogen) atoms. The molecule has 1 aromatic carbocycles. The van der Waals surface area contributed by atoms with Crippen LogP contribution in [-0.4, -0.2) is 37.7 Å². The number of carbonyl (C=O) groups excluding carboxylic acids is 3. The Bertz CT molecular complexity index is 948. The van der Waals surface area contributed by atoms with Crippen LogP contribution in [0.15, 0.2) is 24.3 Å². The van der Waals surface area contributed by atoms with Crippen molar-refractivity contribution in [3.63, 3.8) is 0 Å². The lowest BCUT2D eigenvalue weighted by molar-refractivity contribution is -0.123. The molecule has 1 fully saturated rings. The van der Waals surface area contributed by atoms with Crippen LogP contribution >= 0.6 is 11.3 Å². The molecule has 0 aliphatic heterocycles. The largest absolute Gasteiger partial charge is 0.497 e. The summed E-state index contributed by atoms with van der Waals surface area (Å²) >= 11 is 1.36. The second-order valence-corrected chi connectivity index (χ2v) is 7.91. The van der Waals surface area contributed by atoms with E-state index in [1.165, 1.54) is 16.9 Å². The normalized spacial score (nSPS) is 14.5. The van der Waals surface area contributed by atoms with Crippen LogP contribution in [0.4, 0.5) is 4.79 Å². The summed E-state index contributed by atoms with van der Waals surface area (Å²) < 4.78 is 10.4. The van der Waals surface area contributed by atoms with E-state index in [2.05, 4.69) is 10.6 Å². The first-order valence-electron chi connectivity index (χ1n) is 9.11. The number of imide groups is 1. The second-order valence-electron chi connectivity index (χ2n) is 6.86. The lowest BCUT2D eigenvalue weighted by Gasteiger charge is -2.16. The van der Waals surface area contributed by atoms with Gasteiger partial charge in [-0.05, 0) is 66.6 Å². The number of esters is 1. The highest BCUT2D eigenvalue weighted by molar-refractivity contribution is 7.17. The number of hydrogen-bond donors (Lipinski definition) is 2. The molecule has 2 aromatic rings. The lowest BCUT2D eigenvalue weighted by atomic mass is 9.91. The molecule has 0 atom stereocenters. The molecule has 0 unspecified atom stereocenters. The van der Waals surface area contributed by atoms with Crippen LogP contribution < -0.4 is 15.4 Å². The van der Waals surface area contributed by atoms with E-state index in [0.717, 1.165) is 47.4 Å². The van der Waals surface area contributed by atoms with Crippen LogP contribution in [0.2, 0.25) is 0 Å². The second kappa shape index (κ2) is 7.63. The van der Waals surface area contributed by atoms with Crippen LogP contribution in [0.25, 0.3) is 10.4 Å². The molecule has 4 rings (SSSR count). The van der Waals surface area contributed by atoms with Gasteiger partial charge in [-0.1, -0.05) is 0 Å². The fourth-order valence-electron chi connectivity index (χ4n) is 3.15. The van der Waals surface area contributed by atoms with Gasteiger partial charge >= 0.3 is 12.0 Å². The van der Waals surface area contributed by atoms with Crippen LogP contribution in [0.3, 0.4) is 0 Å². The van der Waals surface area contributed by atoms with E-state index in [1.54, 1.807) is 7.11 Å². The van der Waals surface area contributed by atoms with Crippen LogP contribution in [0, 0.1) is 0 Å². The topological polar surface area (TPSA) is 93.7 Å². The fourth-order valence-corrected chi connectivity index (χ4v) is 4.32. The van der Waals surface area contributed by atoms with Crippen molar-refractivity contribution in [3.8, 4) is 16.2 Å². The van der Waals surface area contributed by atoms with Crippen molar-refractivity contribution in [3.05, 3.63) is 40.3 Å². The highest BCUT2D eigenvalue weighted by atomic mass is 32.1. The average molecular weight is 400 g/mol. The van der Waals surface area contributed by atoms with E-state index in [9.17, 15) is 14.4 Å². The van der Waals surface area contributed by atoms with Crippen molar-refractivity contribution >= 4 is 29.2 Å². The van der Waals surface area contributed by atoms with Gasteiger partial charge in [0.15, 0.2) is 6.61 Å². The Morgan fingerprint density at radius 1 is 1.14 bits per heavy atom. The van der Waals surface area contributed by atoms with Gasteiger partial charge in [0.1, 0.15) is 10.6 Å². The molecule has 2 aliphatic rings. The van der Waals surface area contributed by atoms with E-state index in [-0.39, 0.29) is 6.04 Å². The first-order chi connectivity index (χ1) is 13.5. The Morgan fingerprint density at radius 3 is 2.68 bits per heavy atom. The number of hydrogen-bond acceptors (Lipinski definition) is 6. The van der Waals surface area contributed by atoms with E-state index in [1.807, 2.05) is 24.3 Å². The predicted octanol–water partition coefficient (Wildman–Crippen LogP) is 2.67. The standard InChI is InChI=1S/C20H20N2O5S/c1-26-14-6-7-15-11(8-14)2-3-12-9-16(28-18(12)15)19(24)27-10-17(23)22-20(25)21-13-4-5-13/h6-9,13H,2-5,10H2,1H3,(H2,21,22,23,25). The Labute approximate surface area is 166 Å². The van der Waals surface area contributed by atoms with Crippen LogP contribution in [0.1, 0.15) is 33.6 Å². The molecule has 146 valence electrons. The number of aryl methyl sites for hydroxylation is 2. The summed E-state index contributed by atoms with van der Waals surface area (Å²) in [4.78, 5) is 37.1. The van der Waals surface area contributed by atoms with E-state index < -0.39 is 24.5 Å². The van der Waals surface area contributed by atoms with Gasteiger partial charge in [0.25, 0.3) is 5.91 Å². The van der Waals surface area contributed by atoms with Gasteiger partial charge in [-0.3, -0.25) is 10.1 Å². The van der Waals surface area contributed by atoms with Crippen molar-refractivity contribution in [2.75, 3.05) is 13.7 Å². The molecule has 0 radical (unpaired) electrons. The molecule has 1 heterocycles. The molecule has 1 aromatic heterocycles. The molecule has 7 nitrogen and oxygen atoms in total. The summed E-state index contributed by atoms with van der Waals surface area (Å²) in [7, 11) is 1.64. The molecule has 8 heteroatoms. The van der Waals surface area contributed by atoms with Crippen LogP contribution in [-0.2, 0) is 22.4 Å². The average Bonchev–Trinajstić information content (AvgIpc) is 3.38. The van der Waals surface area contributed by atoms with Crippen LogP contribution in [0.5, 0.6) is 5.75 Å². The van der Waals surface area contributed by atoms with Gasteiger partial charge in [0.2, 0.25) is 0 Å². The number of urea groups is 1. The van der Waals surface area contributed by atoms with Crippen molar-refractivity contribution in [1.82, 2.24) is 10.6 Å². The summed E-state index contributed by atoms with van der Waals surface area (Å²) in [6.07, 6.45) is 3.56. The van der Waals surface area contributed by atoms with Crippen molar-refractivity contribution in [2.24, 2.45) is 0 Å². The summed E-state index contributed by atoms with van der Waals surface area (Å²) in [5.74, 6) is -0.396. The lowest BCUT2D eigenvalue weighted by Crippen LogP contribution is -2.42. The Hall–Kier alpha value is -2.87. The molecule has 2 aliphatic carbocycles. The maximum absolute atomic E-state index is 12.3. The van der Waals surface area contributed by atoms with Gasteiger partial charge in [0, 0.05) is 10.9 Å². The van der Waals surface area contributed by atoms with Gasteiger partial charge in [-0.25, -0.2) is 9.59 Å². The van der Waals surface area contributed by atoms with E-state index in [4.69, 9.17) is 9.47 Å². The number of rotatable bonds is 5. The van der Waals surface area contributed by atoms with Gasteiger partial charge < -0.3 is 14.8 Å². The van der Waals surface area contributed by atoms with Gasteiger partial charge in [-0.2, -0.15) is 0 Å². The van der Waals surface area contributed by atoms with Crippen molar-refractivity contribution in [2.45, 2.75) is 31.7 Å². The minimum absolute atomic E-state index is 0.149. The molecule has 0 spiro atoms. The summed E-state index contributed by atoms with van der Waals surface area (Å²) in [5, 5.41) is 4.79. The van der Waals surface area contributed by atoms with E-state index >= 15 is 0 Å². The summed E-state index contributed by atoms with van der Waals surface area (Å²) in [6, 6.07) is 7.35. The highest BCUT2D eigenvalue weighted by Gasteiger charge is 2.25. The third-order valence-corrected chi connectivity index (χ3v) is 5.92. The smallest absolute Gasteiger partial charge is 0.348 e. The number of methoxy groups -OCH3 is 1. The number of ether oxygens (including phenoxy) is 2. The Kier molecular flexibility index (Phi) is 5.04. The van der Waals surface area contributed by atoms with Crippen molar-refractivity contribution in [1.29, 1.82) is 0 Å². The first-order valence-corrected chi connectivity index (χ1v) is 9.92. The molecule has 0 bridgehead atoms. The van der Waals surface area contributed by atoms with Gasteiger partial charge in [-0.15, -0.1) is 11.3 Å². The fraction of sp³-hybridized carbons (Fsp3) is 0.350. The summed E-state index contributed by atoms with van der Waals surface area (Å²) in [5.41, 5.74) is 3.39. The third-order valence-electron chi connectivity index (χ3n) is 4.73. The maximum atomic E-state index is 12.3. The molecule has 0 saturated heterocycles. The summed E-state index contributed by atoms with van der Waals surface area (Å²) in [6.45, 7) is -0.493. The molecular formula is C20H20N2O5S. The Balaban J connectivity index is 1.38. The monoisotopic (exact) mass is 400 g/mol. The first kappa shape index (κ1) is 18.5. The maximum Gasteiger partial charge on any atom is 0.348 e. The minimum atomic E-state index is -0.648. The van der Waals surface area contributed by atoms with Gasteiger partial charge in [0.05, 0.1) is 7.11 Å². The molecule has 1 saturated carbocycles. The Morgan fingerprint density at radius 2 is 1.93 bits per heavy atom. The number of thiophene rings is 1. The molecular weight excluding hydrogens is 380 g/mol. The zero-order chi connectivity index (χ0) is 19.7. The van der Waals surface area contributed by atoms with Crippen molar-refractivity contribution < 1.29 is 23.9 Å². The highest BCUT2D eigenvalue weighted by Crippen LogP contribution is 2.40. The number of carbonyl (C=O) groups is 3. The number of fused-ring (bicyclic) bond motifs is 3. The zero-order valence-corrected chi connectivity index (χ0v) is 16.2. The molecule has 3 amide bonds. The predicted molar refractivity (Wildman–Crippen MR) is 104 cm³/mol. The quantitative estimate of drug-likeness (QED) is 0.753. The SMILES string of the molecule is COc1ccc2c(c1)CCc1cc(C(=O)OCC(=O)NC(=O)NC3CC3)sc1-2. The molecule has 2 N–H and O–H groups in total. The minimum Gasteiger partial charge on any atom is -0.497 e. The number of amides is 3. The number of nitrogens with one attached hydrogen (secondary N) is 2. The number of benzene rings is 1. The third kappa shape index (κ3) is 4.01.